The highest BCUT2D eigenvalue weighted by Gasteiger charge is 2.09. The summed E-state index contributed by atoms with van der Waals surface area (Å²) in [6.07, 6.45) is 3.46. The predicted molar refractivity (Wildman–Crippen MR) is 76.1 cm³/mol. The van der Waals surface area contributed by atoms with Crippen molar-refractivity contribution in [3.05, 3.63) is 47.0 Å². The number of pyridine rings is 1. The lowest BCUT2D eigenvalue weighted by atomic mass is 10.4. The summed E-state index contributed by atoms with van der Waals surface area (Å²) in [7, 11) is 0. The van der Waals surface area contributed by atoms with Crippen LogP contribution < -0.4 is 11.1 Å². The Morgan fingerprint density at radius 3 is 2.95 bits per heavy atom. The first-order valence-electron chi connectivity index (χ1n) is 5.69. The maximum absolute atomic E-state index is 5.62. The maximum Gasteiger partial charge on any atom is 0.155 e. The zero-order chi connectivity index (χ0) is 13.2. The van der Waals surface area contributed by atoms with Gasteiger partial charge in [0.1, 0.15) is 4.60 Å². The van der Waals surface area contributed by atoms with E-state index in [0.717, 1.165) is 21.6 Å². The minimum Gasteiger partial charge on any atom is -0.338 e. The van der Waals surface area contributed by atoms with Gasteiger partial charge in [-0.15, -0.1) is 5.10 Å². The number of anilines is 2. The van der Waals surface area contributed by atoms with Gasteiger partial charge in [0.15, 0.2) is 11.5 Å². The van der Waals surface area contributed by atoms with E-state index < -0.39 is 0 Å². The van der Waals surface area contributed by atoms with Crippen molar-refractivity contribution in [1.82, 2.24) is 19.6 Å². The zero-order valence-electron chi connectivity index (χ0n) is 9.92. The molecule has 0 radical (unpaired) electrons. The van der Waals surface area contributed by atoms with E-state index in [2.05, 4.69) is 36.3 Å². The van der Waals surface area contributed by atoms with E-state index in [-0.39, 0.29) is 0 Å². The van der Waals surface area contributed by atoms with Crippen LogP contribution in [-0.4, -0.2) is 19.6 Å². The fourth-order valence-corrected chi connectivity index (χ4v) is 2.24. The summed E-state index contributed by atoms with van der Waals surface area (Å²) in [5, 5.41) is 7.63. The SMILES string of the molecule is NCc1nc2ccc(Nc3cccnc3)nn2c1Br. The summed E-state index contributed by atoms with van der Waals surface area (Å²) in [6, 6.07) is 7.53. The van der Waals surface area contributed by atoms with Crippen molar-refractivity contribution >= 4 is 33.1 Å². The van der Waals surface area contributed by atoms with Crippen LogP contribution in [-0.2, 0) is 6.54 Å². The molecule has 0 aromatic carbocycles. The Morgan fingerprint density at radius 1 is 1.32 bits per heavy atom. The highest BCUT2D eigenvalue weighted by Crippen LogP contribution is 2.20. The molecule has 96 valence electrons. The molecular formula is C12H11BrN6. The fourth-order valence-electron chi connectivity index (χ4n) is 1.73. The van der Waals surface area contributed by atoms with Crippen molar-refractivity contribution in [1.29, 1.82) is 0 Å². The third-order valence-corrected chi connectivity index (χ3v) is 3.41. The van der Waals surface area contributed by atoms with E-state index in [0.29, 0.717) is 12.4 Å². The van der Waals surface area contributed by atoms with E-state index in [1.54, 1.807) is 16.9 Å². The Bertz CT molecular complexity index is 709. The number of nitrogens with two attached hydrogens (primary N) is 1. The molecule has 6 nitrogen and oxygen atoms in total. The van der Waals surface area contributed by atoms with Gasteiger partial charge in [0.2, 0.25) is 0 Å². The van der Waals surface area contributed by atoms with Crippen LogP contribution in [0.4, 0.5) is 11.5 Å². The summed E-state index contributed by atoms with van der Waals surface area (Å²) in [4.78, 5) is 8.41. The Kier molecular flexibility index (Phi) is 3.14. The number of nitrogens with zero attached hydrogens (tertiary/aromatic N) is 4. The largest absolute Gasteiger partial charge is 0.338 e. The first-order valence-corrected chi connectivity index (χ1v) is 6.48. The number of nitrogens with one attached hydrogen (secondary N) is 1. The van der Waals surface area contributed by atoms with Crippen LogP contribution in [0.3, 0.4) is 0 Å². The molecule has 0 unspecified atom stereocenters. The van der Waals surface area contributed by atoms with Crippen molar-refractivity contribution in [3.8, 4) is 0 Å². The molecule has 0 bridgehead atoms. The fraction of sp³-hybridized carbons (Fsp3) is 0.0833. The Balaban J connectivity index is 1.99. The van der Waals surface area contributed by atoms with Crippen LogP contribution >= 0.6 is 15.9 Å². The number of hydrogen-bond acceptors (Lipinski definition) is 5. The second-order valence-electron chi connectivity index (χ2n) is 3.91. The van der Waals surface area contributed by atoms with Crippen molar-refractivity contribution in [2.24, 2.45) is 5.73 Å². The summed E-state index contributed by atoms with van der Waals surface area (Å²) < 4.78 is 2.49. The lowest BCUT2D eigenvalue weighted by molar-refractivity contribution is 0.908. The van der Waals surface area contributed by atoms with Gasteiger partial charge in [-0.2, -0.15) is 0 Å². The molecule has 19 heavy (non-hydrogen) atoms. The number of rotatable bonds is 3. The molecule has 0 aliphatic carbocycles. The summed E-state index contributed by atoms with van der Waals surface area (Å²) in [6.45, 7) is 0.370. The second-order valence-corrected chi connectivity index (χ2v) is 4.66. The van der Waals surface area contributed by atoms with Crippen LogP contribution in [0.5, 0.6) is 0 Å². The van der Waals surface area contributed by atoms with Gasteiger partial charge < -0.3 is 11.1 Å². The van der Waals surface area contributed by atoms with Gasteiger partial charge >= 0.3 is 0 Å². The molecule has 3 heterocycles. The molecule has 0 aliphatic heterocycles. The topological polar surface area (TPSA) is 81.1 Å². The van der Waals surface area contributed by atoms with Gasteiger partial charge in [-0.25, -0.2) is 9.50 Å². The van der Waals surface area contributed by atoms with Gasteiger partial charge in [-0.05, 0) is 40.2 Å². The van der Waals surface area contributed by atoms with E-state index in [9.17, 15) is 0 Å². The average molecular weight is 319 g/mol. The average Bonchev–Trinajstić information content (AvgIpc) is 2.77. The molecule has 0 aliphatic rings. The summed E-state index contributed by atoms with van der Waals surface area (Å²) in [5.74, 6) is 0.710. The van der Waals surface area contributed by atoms with Crippen LogP contribution in [0.15, 0.2) is 41.3 Å². The van der Waals surface area contributed by atoms with Gasteiger partial charge in [0, 0.05) is 12.7 Å². The van der Waals surface area contributed by atoms with E-state index in [1.807, 2.05) is 24.3 Å². The molecule has 0 spiro atoms. The van der Waals surface area contributed by atoms with Gasteiger partial charge in [0.25, 0.3) is 0 Å². The predicted octanol–water partition coefficient (Wildman–Crippen LogP) is 2.09. The molecule has 0 saturated carbocycles. The number of imidazole rings is 1. The molecule has 0 atom stereocenters. The van der Waals surface area contributed by atoms with E-state index in [1.165, 1.54) is 0 Å². The smallest absolute Gasteiger partial charge is 0.155 e. The number of hydrogen-bond donors (Lipinski definition) is 2. The van der Waals surface area contributed by atoms with Crippen molar-refractivity contribution in [2.75, 3.05) is 5.32 Å². The molecule has 0 amide bonds. The van der Waals surface area contributed by atoms with Gasteiger partial charge in [-0.3, -0.25) is 4.98 Å². The van der Waals surface area contributed by atoms with Gasteiger partial charge in [-0.1, -0.05) is 0 Å². The summed E-state index contributed by atoms with van der Waals surface area (Å²) >= 11 is 3.45. The minimum absolute atomic E-state index is 0.370. The second kappa shape index (κ2) is 4.94. The van der Waals surface area contributed by atoms with E-state index in [4.69, 9.17) is 5.73 Å². The van der Waals surface area contributed by atoms with Crippen LogP contribution in [0, 0.1) is 0 Å². The number of fused-ring (bicyclic) bond motifs is 1. The highest BCUT2D eigenvalue weighted by molar-refractivity contribution is 9.10. The quantitative estimate of drug-likeness (QED) is 0.772. The molecular weight excluding hydrogens is 308 g/mol. The molecule has 3 aromatic heterocycles. The van der Waals surface area contributed by atoms with Gasteiger partial charge in [0.05, 0.1) is 17.6 Å². The standard InChI is InChI=1S/C12H11BrN6/c13-12-9(6-14)17-11-4-3-10(18-19(11)12)16-8-2-1-5-15-7-8/h1-5,7H,6,14H2,(H,16,18). The maximum atomic E-state index is 5.62. The molecule has 3 rings (SSSR count). The monoisotopic (exact) mass is 318 g/mol. The van der Waals surface area contributed by atoms with E-state index >= 15 is 0 Å². The molecule has 3 N–H and O–H groups in total. The molecule has 3 aromatic rings. The van der Waals surface area contributed by atoms with Crippen molar-refractivity contribution < 1.29 is 0 Å². The van der Waals surface area contributed by atoms with Crippen LogP contribution in [0.25, 0.3) is 5.65 Å². The first-order chi connectivity index (χ1) is 9.28. The number of aromatic nitrogens is 4. The van der Waals surface area contributed by atoms with Crippen molar-refractivity contribution in [3.63, 3.8) is 0 Å². The number of halogens is 1. The normalized spacial score (nSPS) is 10.8. The lowest BCUT2D eigenvalue weighted by Crippen LogP contribution is -2.00. The zero-order valence-corrected chi connectivity index (χ0v) is 11.5. The molecule has 0 saturated heterocycles. The molecule has 0 fully saturated rings. The summed E-state index contributed by atoms with van der Waals surface area (Å²) in [5.41, 5.74) is 8.04. The Hall–Kier alpha value is -1.99. The minimum atomic E-state index is 0.370. The molecule has 7 heteroatoms. The third kappa shape index (κ3) is 2.29. The first kappa shape index (κ1) is 12.1. The lowest BCUT2D eigenvalue weighted by Gasteiger charge is -2.05. The van der Waals surface area contributed by atoms with Crippen molar-refractivity contribution in [2.45, 2.75) is 6.54 Å². The highest BCUT2D eigenvalue weighted by atomic mass is 79.9. The van der Waals surface area contributed by atoms with Crippen LogP contribution in [0.2, 0.25) is 0 Å². The van der Waals surface area contributed by atoms with Crippen LogP contribution in [0.1, 0.15) is 5.69 Å². The Morgan fingerprint density at radius 2 is 2.21 bits per heavy atom. The third-order valence-electron chi connectivity index (χ3n) is 2.62. The Labute approximate surface area is 117 Å².